The van der Waals surface area contributed by atoms with Crippen LogP contribution in [0.1, 0.15) is 31.9 Å². The number of nitrogens with zero attached hydrogens (tertiary/aromatic N) is 1. The Bertz CT molecular complexity index is 394. The van der Waals surface area contributed by atoms with E-state index in [1.807, 2.05) is 12.1 Å². The molecule has 2 rings (SSSR count). The number of hydrogen-bond acceptors (Lipinski definition) is 2. The van der Waals surface area contributed by atoms with Crippen LogP contribution in [0.3, 0.4) is 0 Å². The molecule has 0 aliphatic carbocycles. The SMILES string of the molecule is CCC1CNCC1N(C)C(C)c1cccc(Cl)c1. The van der Waals surface area contributed by atoms with Gasteiger partial charge in [0.2, 0.25) is 0 Å². The lowest BCUT2D eigenvalue weighted by Crippen LogP contribution is -2.39. The fourth-order valence-electron chi connectivity index (χ4n) is 2.90. The Morgan fingerprint density at radius 2 is 2.22 bits per heavy atom. The second-order valence-electron chi connectivity index (χ2n) is 5.29. The molecule has 3 atom stereocenters. The molecular formula is C15H23ClN2. The average molecular weight is 267 g/mol. The molecule has 1 aromatic carbocycles. The topological polar surface area (TPSA) is 15.3 Å². The summed E-state index contributed by atoms with van der Waals surface area (Å²) >= 11 is 6.08. The van der Waals surface area contributed by atoms with E-state index in [2.05, 4.69) is 43.2 Å². The van der Waals surface area contributed by atoms with Crippen molar-refractivity contribution in [1.82, 2.24) is 10.2 Å². The molecular weight excluding hydrogens is 244 g/mol. The molecule has 1 aromatic rings. The number of rotatable bonds is 4. The summed E-state index contributed by atoms with van der Waals surface area (Å²) in [7, 11) is 2.23. The minimum absolute atomic E-state index is 0.405. The zero-order chi connectivity index (χ0) is 13.1. The molecule has 0 amide bonds. The molecule has 1 saturated heterocycles. The molecule has 1 fully saturated rings. The Balaban J connectivity index is 2.10. The maximum Gasteiger partial charge on any atom is 0.0409 e. The second-order valence-corrected chi connectivity index (χ2v) is 5.73. The van der Waals surface area contributed by atoms with E-state index in [0.29, 0.717) is 12.1 Å². The number of nitrogens with one attached hydrogen (secondary N) is 1. The van der Waals surface area contributed by atoms with E-state index in [9.17, 15) is 0 Å². The molecule has 2 nitrogen and oxygen atoms in total. The minimum Gasteiger partial charge on any atom is -0.315 e. The van der Waals surface area contributed by atoms with Crippen LogP contribution in [0.15, 0.2) is 24.3 Å². The predicted molar refractivity (Wildman–Crippen MR) is 78.1 cm³/mol. The fraction of sp³-hybridized carbons (Fsp3) is 0.600. The van der Waals surface area contributed by atoms with Gasteiger partial charge in [0.1, 0.15) is 0 Å². The number of halogens is 1. The first-order valence-electron chi connectivity index (χ1n) is 6.81. The summed E-state index contributed by atoms with van der Waals surface area (Å²) in [6, 6.07) is 9.24. The lowest BCUT2D eigenvalue weighted by Gasteiger charge is -2.34. The van der Waals surface area contributed by atoms with Gasteiger partial charge in [-0.3, -0.25) is 4.90 Å². The van der Waals surface area contributed by atoms with Crippen molar-refractivity contribution in [3.8, 4) is 0 Å². The molecule has 18 heavy (non-hydrogen) atoms. The van der Waals surface area contributed by atoms with Gasteiger partial charge in [-0.15, -0.1) is 0 Å². The Morgan fingerprint density at radius 1 is 1.44 bits per heavy atom. The molecule has 0 saturated carbocycles. The van der Waals surface area contributed by atoms with Crippen LogP contribution in [0.2, 0.25) is 5.02 Å². The van der Waals surface area contributed by atoms with Gasteiger partial charge >= 0.3 is 0 Å². The summed E-state index contributed by atoms with van der Waals surface area (Å²) < 4.78 is 0. The molecule has 100 valence electrons. The van der Waals surface area contributed by atoms with E-state index in [1.54, 1.807) is 0 Å². The Labute approximate surface area is 115 Å². The Morgan fingerprint density at radius 3 is 2.89 bits per heavy atom. The van der Waals surface area contributed by atoms with E-state index in [1.165, 1.54) is 12.0 Å². The molecule has 0 aromatic heterocycles. The Kier molecular flexibility index (Phi) is 4.66. The van der Waals surface area contributed by atoms with Crippen LogP contribution in [0.5, 0.6) is 0 Å². The third kappa shape index (κ3) is 2.87. The standard InChI is InChI=1S/C15H23ClN2/c1-4-12-9-17-10-15(12)18(3)11(2)13-6-5-7-14(16)8-13/h5-8,11-12,15,17H,4,9-10H2,1-3H3. The largest absolute Gasteiger partial charge is 0.315 e. The van der Waals surface area contributed by atoms with E-state index < -0.39 is 0 Å². The van der Waals surface area contributed by atoms with Gasteiger partial charge in [0.15, 0.2) is 0 Å². The van der Waals surface area contributed by atoms with Gasteiger partial charge in [-0.05, 0) is 44.1 Å². The molecule has 1 heterocycles. The molecule has 0 bridgehead atoms. The normalized spacial score (nSPS) is 25.6. The van der Waals surface area contributed by atoms with Crippen LogP contribution >= 0.6 is 11.6 Å². The Hall–Kier alpha value is -0.570. The van der Waals surface area contributed by atoms with Crippen molar-refractivity contribution >= 4 is 11.6 Å². The van der Waals surface area contributed by atoms with Crippen LogP contribution < -0.4 is 5.32 Å². The first-order chi connectivity index (χ1) is 8.63. The predicted octanol–water partition coefficient (Wildman–Crippen LogP) is 3.33. The maximum absolute atomic E-state index is 6.08. The lowest BCUT2D eigenvalue weighted by atomic mass is 9.97. The van der Waals surface area contributed by atoms with Crippen LogP contribution in [0.4, 0.5) is 0 Å². The van der Waals surface area contributed by atoms with Crippen LogP contribution in [0.25, 0.3) is 0 Å². The van der Waals surface area contributed by atoms with Crippen molar-refractivity contribution in [2.75, 3.05) is 20.1 Å². The molecule has 3 unspecified atom stereocenters. The van der Waals surface area contributed by atoms with E-state index in [0.717, 1.165) is 24.0 Å². The summed E-state index contributed by atoms with van der Waals surface area (Å²) in [6.45, 7) is 6.78. The highest BCUT2D eigenvalue weighted by Gasteiger charge is 2.31. The van der Waals surface area contributed by atoms with E-state index in [-0.39, 0.29) is 0 Å². The van der Waals surface area contributed by atoms with Gasteiger partial charge in [0.05, 0.1) is 0 Å². The van der Waals surface area contributed by atoms with Crippen molar-refractivity contribution in [2.24, 2.45) is 5.92 Å². The molecule has 0 radical (unpaired) electrons. The average Bonchev–Trinajstić information content (AvgIpc) is 2.85. The third-order valence-corrected chi connectivity index (χ3v) is 4.53. The smallest absolute Gasteiger partial charge is 0.0409 e. The van der Waals surface area contributed by atoms with Gasteiger partial charge in [-0.2, -0.15) is 0 Å². The summed E-state index contributed by atoms with van der Waals surface area (Å²) in [6.07, 6.45) is 1.24. The lowest BCUT2D eigenvalue weighted by molar-refractivity contribution is 0.159. The van der Waals surface area contributed by atoms with Crippen molar-refractivity contribution in [2.45, 2.75) is 32.4 Å². The molecule has 1 aliphatic rings. The number of likely N-dealkylation sites (N-methyl/N-ethyl adjacent to an activating group) is 1. The van der Waals surface area contributed by atoms with E-state index in [4.69, 9.17) is 11.6 Å². The molecule has 0 spiro atoms. The van der Waals surface area contributed by atoms with Crippen molar-refractivity contribution in [1.29, 1.82) is 0 Å². The number of benzene rings is 1. The monoisotopic (exact) mass is 266 g/mol. The maximum atomic E-state index is 6.08. The molecule has 1 aliphatic heterocycles. The summed E-state index contributed by atoms with van der Waals surface area (Å²) in [5, 5.41) is 4.33. The van der Waals surface area contributed by atoms with Crippen LogP contribution in [0, 0.1) is 5.92 Å². The van der Waals surface area contributed by atoms with Crippen molar-refractivity contribution in [3.05, 3.63) is 34.9 Å². The van der Waals surface area contributed by atoms with Gasteiger partial charge < -0.3 is 5.32 Å². The van der Waals surface area contributed by atoms with E-state index >= 15 is 0 Å². The fourth-order valence-corrected chi connectivity index (χ4v) is 3.10. The summed E-state index contributed by atoms with van der Waals surface area (Å²) in [5.74, 6) is 0.761. The zero-order valence-corrected chi connectivity index (χ0v) is 12.2. The highest BCUT2D eigenvalue weighted by Crippen LogP contribution is 2.28. The highest BCUT2D eigenvalue weighted by atomic mass is 35.5. The quantitative estimate of drug-likeness (QED) is 0.899. The summed E-state index contributed by atoms with van der Waals surface area (Å²) in [5.41, 5.74) is 1.30. The highest BCUT2D eigenvalue weighted by molar-refractivity contribution is 6.30. The zero-order valence-electron chi connectivity index (χ0n) is 11.5. The first-order valence-corrected chi connectivity index (χ1v) is 7.19. The van der Waals surface area contributed by atoms with Gasteiger partial charge in [-0.25, -0.2) is 0 Å². The van der Waals surface area contributed by atoms with Crippen molar-refractivity contribution in [3.63, 3.8) is 0 Å². The minimum atomic E-state index is 0.405. The second kappa shape index (κ2) is 6.05. The number of hydrogen-bond donors (Lipinski definition) is 1. The molecule has 1 N–H and O–H groups in total. The summed E-state index contributed by atoms with van der Waals surface area (Å²) in [4.78, 5) is 2.49. The van der Waals surface area contributed by atoms with Crippen molar-refractivity contribution < 1.29 is 0 Å². The van der Waals surface area contributed by atoms with Gasteiger partial charge in [0.25, 0.3) is 0 Å². The van der Waals surface area contributed by atoms with Gasteiger partial charge in [-0.1, -0.05) is 37.1 Å². The van der Waals surface area contributed by atoms with Crippen LogP contribution in [-0.4, -0.2) is 31.1 Å². The third-order valence-electron chi connectivity index (χ3n) is 4.29. The first kappa shape index (κ1) is 13.9. The molecule has 3 heteroatoms. The van der Waals surface area contributed by atoms with Crippen LogP contribution in [-0.2, 0) is 0 Å². The van der Waals surface area contributed by atoms with Gasteiger partial charge in [0, 0.05) is 23.7 Å².